The maximum atomic E-state index is 13.7. The lowest BCUT2D eigenvalue weighted by Crippen LogP contribution is -2.44. The zero-order chi connectivity index (χ0) is 28.4. The van der Waals surface area contributed by atoms with E-state index in [0.717, 1.165) is 56.8 Å². The molecule has 2 aromatic heterocycles. The number of carbonyl (C=O) groups excluding carboxylic acids is 1. The van der Waals surface area contributed by atoms with E-state index in [1.54, 1.807) is 17.9 Å². The van der Waals surface area contributed by atoms with E-state index in [-0.39, 0.29) is 17.5 Å². The molecule has 2 aliphatic heterocycles. The lowest BCUT2D eigenvalue weighted by molar-refractivity contribution is -0.105. The predicted molar refractivity (Wildman–Crippen MR) is 157 cm³/mol. The van der Waals surface area contributed by atoms with Gasteiger partial charge in [0.05, 0.1) is 25.0 Å². The molecule has 0 radical (unpaired) electrons. The summed E-state index contributed by atoms with van der Waals surface area (Å²) in [5.74, 6) is 0.999. The molecule has 1 aromatic carbocycles. The largest absolute Gasteiger partial charge is 0.494 e. The average Bonchev–Trinajstić information content (AvgIpc) is 3.40. The van der Waals surface area contributed by atoms with E-state index < -0.39 is 0 Å². The smallest absolute Gasteiger partial charge is 0.274 e. The van der Waals surface area contributed by atoms with Gasteiger partial charge in [-0.1, -0.05) is 20.4 Å². The number of aldehydes is 1. The van der Waals surface area contributed by atoms with Crippen LogP contribution in [0.5, 0.6) is 5.75 Å². The Morgan fingerprint density at radius 2 is 1.98 bits per heavy atom. The number of hydrogen-bond donors (Lipinski definition) is 1. The van der Waals surface area contributed by atoms with Crippen LogP contribution in [0.2, 0.25) is 0 Å². The van der Waals surface area contributed by atoms with Crippen LogP contribution in [0.25, 0.3) is 11.2 Å². The first-order chi connectivity index (χ1) is 19.3. The summed E-state index contributed by atoms with van der Waals surface area (Å²) in [5, 5.41) is 3.29. The highest BCUT2D eigenvalue weighted by Crippen LogP contribution is 2.32. The summed E-state index contributed by atoms with van der Waals surface area (Å²) in [5.41, 5.74) is 3.79. The Labute approximate surface area is 234 Å². The highest BCUT2D eigenvalue weighted by atomic mass is 16.5. The molecular weight excluding hydrogens is 508 g/mol. The number of likely N-dealkylation sites (N-methyl/N-ethyl adjacent to an activating group) is 1. The van der Waals surface area contributed by atoms with Crippen LogP contribution < -0.4 is 20.5 Å². The first-order valence-electron chi connectivity index (χ1n) is 13.8. The number of rotatable bonds is 9. The molecule has 2 saturated heterocycles. The van der Waals surface area contributed by atoms with E-state index in [9.17, 15) is 9.59 Å². The molecule has 0 unspecified atom stereocenters. The van der Waals surface area contributed by atoms with Crippen molar-refractivity contribution in [2.75, 3.05) is 70.2 Å². The normalized spacial score (nSPS) is 18.4. The fraction of sp³-hybridized carbons (Fsp3) is 0.483. The Morgan fingerprint density at radius 3 is 2.67 bits per heavy atom. The van der Waals surface area contributed by atoms with Crippen molar-refractivity contribution < 1.29 is 9.53 Å². The zero-order valence-electron chi connectivity index (χ0n) is 23.8. The first kappa shape index (κ1) is 27.7. The van der Waals surface area contributed by atoms with Crippen molar-refractivity contribution in [1.82, 2.24) is 29.3 Å². The standard InChI is InChI=1S/C29H38N8O3/c1-19(2)26-28(39)37(22-8-9-35(17-22)16-20(3)18-38)27-24(31-26)15-30-29(33-27)32-23-7-6-21(14-25(23)40-5)36-12-10-34(4)11-13-36/h6-7,14-15,18-19,22H,3,8-13,16-17H2,1-2,4-5H3,(H,30,32,33)/t22-/m0/s1. The zero-order valence-corrected chi connectivity index (χ0v) is 23.8. The number of methoxy groups -OCH3 is 1. The minimum atomic E-state index is -0.137. The third-order valence-corrected chi connectivity index (χ3v) is 7.71. The predicted octanol–water partition coefficient (Wildman–Crippen LogP) is 2.82. The number of aromatic nitrogens is 4. The van der Waals surface area contributed by atoms with Crippen LogP contribution in [-0.4, -0.2) is 95.6 Å². The second-order valence-corrected chi connectivity index (χ2v) is 11.0. The molecule has 0 saturated carbocycles. The summed E-state index contributed by atoms with van der Waals surface area (Å²) >= 11 is 0. The number of likely N-dealkylation sites (tertiary alicyclic amines) is 1. The van der Waals surface area contributed by atoms with Gasteiger partial charge in [-0.05, 0) is 31.2 Å². The Kier molecular flexibility index (Phi) is 8.13. The number of nitrogens with zero attached hydrogens (tertiary/aromatic N) is 7. The van der Waals surface area contributed by atoms with Crippen molar-refractivity contribution in [2.24, 2.45) is 0 Å². The molecule has 2 aliphatic rings. The summed E-state index contributed by atoms with van der Waals surface area (Å²) < 4.78 is 7.48. The van der Waals surface area contributed by atoms with Gasteiger partial charge < -0.3 is 19.9 Å². The van der Waals surface area contributed by atoms with Gasteiger partial charge in [0.15, 0.2) is 5.65 Å². The van der Waals surface area contributed by atoms with E-state index in [2.05, 4.69) is 49.7 Å². The van der Waals surface area contributed by atoms with Crippen LogP contribution >= 0.6 is 0 Å². The number of benzene rings is 1. The third kappa shape index (κ3) is 5.71. The number of piperazine rings is 1. The molecule has 40 heavy (non-hydrogen) atoms. The van der Waals surface area contributed by atoms with E-state index in [1.165, 1.54) is 0 Å². The molecule has 11 nitrogen and oxygen atoms in total. The lowest BCUT2D eigenvalue weighted by Gasteiger charge is -2.34. The number of fused-ring (bicyclic) bond motifs is 1. The maximum absolute atomic E-state index is 13.7. The topological polar surface area (TPSA) is 109 Å². The van der Waals surface area contributed by atoms with Crippen molar-refractivity contribution in [3.63, 3.8) is 0 Å². The van der Waals surface area contributed by atoms with Gasteiger partial charge in [-0.25, -0.2) is 9.97 Å². The summed E-state index contributed by atoms with van der Waals surface area (Å²) in [7, 11) is 3.79. The Bertz CT molecular complexity index is 1460. The molecule has 5 rings (SSSR count). The van der Waals surface area contributed by atoms with E-state index in [1.807, 2.05) is 26.0 Å². The van der Waals surface area contributed by atoms with Crippen molar-refractivity contribution in [2.45, 2.75) is 32.2 Å². The van der Waals surface area contributed by atoms with Crippen LogP contribution in [0.1, 0.15) is 37.9 Å². The number of nitrogens with one attached hydrogen (secondary N) is 1. The summed E-state index contributed by atoms with van der Waals surface area (Å²) in [4.78, 5) is 45.6. The van der Waals surface area contributed by atoms with Crippen molar-refractivity contribution in [3.8, 4) is 5.75 Å². The molecule has 212 valence electrons. The Morgan fingerprint density at radius 1 is 1.20 bits per heavy atom. The molecule has 1 atom stereocenters. The Balaban J connectivity index is 1.47. The van der Waals surface area contributed by atoms with Gasteiger partial charge >= 0.3 is 0 Å². The SMILES string of the molecule is C=C(C=O)CN1CC[C@H](n2c(=O)c(C(C)C)nc3cnc(Nc4ccc(N5CCN(C)CC5)cc4OC)nc32)C1. The fourth-order valence-electron chi connectivity index (χ4n) is 5.45. The van der Waals surface area contributed by atoms with Crippen LogP contribution in [-0.2, 0) is 4.79 Å². The molecule has 0 bridgehead atoms. The molecule has 4 heterocycles. The van der Waals surface area contributed by atoms with Crippen molar-refractivity contribution >= 4 is 34.8 Å². The summed E-state index contributed by atoms with van der Waals surface area (Å²) in [6, 6.07) is 5.97. The summed E-state index contributed by atoms with van der Waals surface area (Å²) in [6.07, 6.45) is 3.21. The van der Waals surface area contributed by atoms with Crippen LogP contribution in [0.4, 0.5) is 17.3 Å². The van der Waals surface area contributed by atoms with Crippen LogP contribution in [0.15, 0.2) is 41.3 Å². The van der Waals surface area contributed by atoms with Crippen LogP contribution in [0.3, 0.4) is 0 Å². The monoisotopic (exact) mass is 546 g/mol. The minimum absolute atomic E-state index is 0.0450. The molecule has 2 fully saturated rings. The highest BCUT2D eigenvalue weighted by molar-refractivity contribution is 5.74. The van der Waals surface area contributed by atoms with Gasteiger partial charge in [0.2, 0.25) is 5.95 Å². The van der Waals surface area contributed by atoms with Crippen molar-refractivity contribution in [1.29, 1.82) is 0 Å². The average molecular weight is 547 g/mol. The molecule has 0 amide bonds. The van der Waals surface area contributed by atoms with Crippen molar-refractivity contribution in [3.05, 3.63) is 52.6 Å². The molecule has 0 aliphatic carbocycles. The van der Waals surface area contributed by atoms with Gasteiger partial charge in [-0.2, -0.15) is 4.98 Å². The van der Waals surface area contributed by atoms with Gasteiger partial charge in [0.1, 0.15) is 23.2 Å². The quantitative estimate of drug-likeness (QED) is 0.318. The number of carbonyl (C=O) groups is 1. The van der Waals surface area contributed by atoms with Crippen LogP contribution in [0, 0.1) is 0 Å². The third-order valence-electron chi connectivity index (χ3n) is 7.71. The number of hydrogen-bond acceptors (Lipinski definition) is 10. The van der Waals surface area contributed by atoms with E-state index in [4.69, 9.17) is 9.72 Å². The number of anilines is 3. The maximum Gasteiger partial charge on any atom is 0.274 e. The molecule has 1 N–H and O–H groups in total. The lowest BCUT2D eigenvalue weighted by atomic mass is 10.1. The van der Waals surface area contributed by atoms with E-state index in [0.29, 0.717) is 47.2 Å². The first-order valence-corrected chi connectivity index (χ1v) is 13.8. The number of ether oxygens (including phenoxy) is 1. The van der Waals surface area contributed by atoms with E-state index >= 15 is 0 Å². The van der Waals surface area contributed by atoms with Gasteiger partial charge in [-0.3, -0.25) is 19.1 Å². The van der Waals surface area contributed by atoms with Gasteiger partial charge in [-0.15, -0.1) is 0 Å². The molecule has 11 heteroatoms. The fourth-order valence-corrected chi connectivity index (χ4v) is 5.45. The summed E-state index contributed by atoms with van der Waals surface area (Å²) in [6.45, 7) is 13.6. The molecule has 3 aromatic rings. The van der Waals surface area contributed by atoms with Gasteiger partial charge in [0, 0.05) is 63.5 Å². The highest BCUT2D eigenvalue weighted by Gasteiger charge is 2.28. The second kappa shape index (κ2) is 11.7. The van der Waals surface area contributed by atoms with Gasteiger partial charge in [0.25, 0.3) is 5.56 Å². The Hall–Kier alpha value is -3.83. The molecule has 0 spiro atoms. The minimum Gasteiger partial charge on any atom is -0.494 e. The second-order valence-electron chi connectivity index (χ2n) is 11.0. The molecular formula is C29H38N8O3.